The van der Waals surface area contributed by atoms with Gasteiger partial charge in [-0.3, -0.25) is 9.98 Å². The van der Waals surface area contributed by atoms with Crippen LogP contribution in [0.3, 0.4) is 0 Å². The van der Waals surface area contributed by atoms with Crippen molar-refractivity contribution in [1.82, 2.24) is 14.1 Å². The molecule has 0 atom stereocenters. The van der Waals surface area contributed by atoms with Gasteiger partial charge in [0.2, 0.25) is 0 Å². The number of aromatic nitrogens is 3. The Hall–Kier alpha value is -6.00. The molecule has 8 aromatic rings. The van der Waals surface area contributed by atoms with E-state index in [4.69, 9.17) is 9.98 Å². The molecule has 45 heavy (non-hydrogen) atoms. The van der Waals surface area contributed by atoms with E-state index >= 15 is 0 Å². The molecule has 0 fully saturated rings. The van der Waals surface area contributed by atoms with Crippen LogP contribution in [0, 0.1) is 0 Å². The Balaban J connectivity index is 1.18. The van der Waals surface area contributed by atoms with E-state index < -0.39 is 0 Å². The summed E-state index contributed by atoms with van der Waals surface area (Å²) in [4.78, 5) is 9.77. The minimum atomic E-state index is 0.886. The van der Waals surface area contributed by atoms with Crippen molar-refractivity contribution < 1.29 is 0 Å². The number of aliphatic imine (C=N–C) groups is 1. The van der Waals surface area contributed by atoms with Gasteiger partial charge in [0.15, 0.2) is 0 Å². The van der Waals surface area contributed by atoms with Gasteiger partial charge >= 0.3 is 0 Å². The average molecular weight is 579 g/mol. The van der Waals surface area contributed by atoms with Crippen LogP contribution in [0.15, 0.2) is 164 Å². The van der Waals surface area contributed by atoms with Gasteiger partial charge in [-0.2, -0.15) is 0 Å². The van der Waals surface area contributed by atoms with Gasteiger partial charge in [0.25, 0.3) is 0 Å². The number of hydrogen-bond acceptors (Lipinski definition) is 2. The van der Waals surface area contributed by atoms with Gasteiger partial charge in [-0.15, -0.1) is 0 Å². The highest BCUT2D eigenvalue weighted by Gasteiger charge is 2.15. The van der Waals surface area contributed by atoms with Crippen LogP contribution in [0.1, 0.15) is 12.5 Å². The van der Waals surface area contributed by atoms with Crippen LogP contribution < -0.4 is 0 Å². The lowest BCUT2D eigenvalue weighted by Gasteiger charge is -2.10. The van der Waals surface area contributed by atoms with Crippen molar-refractivity contribution >= 4 is 55.0 Å². The van der Waals surface area contributed by atoms with Gasteiger partial charge in [-0.05, 0) is 55.0 Å². The molecule has 0 aliphatic rings. The zero-order chi connectivity index (χ0) is 30.3. The highest BCUT2D eigenvalue weighted by Crippen LogP contribution is 2.34. The molecule has 0 saturated carbocycles. The maximum Gasteiger partial charge on any atom is 0.0725 e. The van der Waals surface area contributed by atoms with Crippen molar-refractivity contribution in [2.75, 3.05) is 0 Å². The Morgan fingerprint density at radius 1 is 0.644 bits per heavy atom. The Labute approximate surface area is 261 Å². The standard InChI is InChI=1S/C41H30N4/c1-3-31(44-40-20-12-9-17-35(40)36-25-37(43-27-41(36)44)30-13-5-4-6-14-30)26-42-28(2)29-21-23-32(24-22-29)45-38-18-10-7-15-33(38)34-16-8-11-19-39(34)45/h3-27H,1H2,2H3/b31-26+,42-28?. The van der Waals surface area contributed by atoms with Crippen molar-refractivity contribution in [1.29, 1.82) is 0 Å². The van der Waals surface area contributed by atoms with Crippen LogP contribution in [0.25, 0.3) is 66.3 Å². The molecule has 0 radical (unpaired) electrons. The van der Waals surface area contributed by atoms with Crippen LogP contribution in [0.4, 0.5) is 0 Å². The second-order valence-corrected chi connectivity index (χ2v) is 11.2. The molecule has 0 spiro atoms. The van der Waals surface area contributed by atoms with E-state index in [0.29, 0.717) is 0 Å². The molecule has 0 N–H and O–H groups in total. The summed E-state index contributed by atoms with van der Waals surface area (Å²) >= 11 is 0. The van der Waals surface area contributed by atoms with Gasteiger partial charge in [-0.1, -0.05) is 104 Å². The first-order valence-corrected chi connectivity index (χ1v) is 15.1. The van der Waals surface area contributed by atoms with E-state index in [2.05, 4.69) is 131 Å². The summed E-state index contributed by atoms with van der Waals surface area (Å²) in [5, 5.41) is 4.83. The molecular weight excluding hydrogens is 548 g/mol. The van der Waals surface area contributed by atoms with E-state index in [1.165, 1.54) is 27.2 Å². The van der Waals surface area contributed by atoms with E-state index in [9.17, 15) is 0 Å². The van der Waals surface area contributed by atoms with E-state index in [1.54, 1.807) is 0 Å². The lowest BCUT2D eigenvalue weighted by Crippen LogP contribution is -1.98. The van der Waals surface area contributed by atoms with Crippen molar-refractivity contribution in [3.63, 3.8) is 0 Å². The normalized spacial score (nSPS) is 12.5. The molecule has 0 unspecified atom stereocenters. The molecule has 5 aromatic carbocycles. The van der Waals surface area contributed by atoms with Crippen molar-refractivity contribution in [3.05, 3.63) is 164 Å². The minimum absolute atomic E-state index is 0.886. The largest absolute Gasteiger partial charge is 0.309 e. The summed E-state index contributed by atoms with van der Waals surface area (Å²) in [5.41, 5.74) is 10.6. The molecule has 4 heteroatoms. The minimum Gasteiger partial charge on any atom is -0.309 e. The van der Waals surface area contributed by atoms with Crippen molar-refractivity contribution in [2.24, 2.45) is 4.99 Å². The Morgan fingerprint density at radius 2 is 1.22 bits per heavy atom. The molecule has 0 aliphatic carbocycles. The molecule has 3 heterocycles. The average Bonchev–Trinajstić information content (AvgIpc) is 3.62. The monoisotopic (exact) mass is 578 g/mol. The fraction of sp³-hybridized carbons (Fsp3) is 0.0244. The molecule has 0 aliphatic heterocycles. The molecule has 4 nitrogen and oxygen atoms in total. The molecule has 0 amide bonds. The van der Waals surface area contributed by atoms with E-state index in [0.717, 1.165) is 50.3 Å². The first-order chi connectivity index (χ1) is 22.2. The highest BCUT2D eigenvalue weighted by molar-refractivity contribution is 6.11. The quantitative estimate of drug-likeness (QED) is 0.143. The van der Waals surface area contributed by atoms with E-state index in [1.807, 2.05) is 43.6 Å². The number of hydrogen-bond donors (Lipinski definition) is 0. The van der Waals surface area contributed by atoms with E-state index in [-0.39, 0.29) is 0 Å². The third-order valence-corrected chi connectivity index (χ3v) is 8.61. The Bertz CT molecular complexity index is 2380. The fourth-order valence-electron chi connectivity index (χ4n) is 6.40. The third kappa shape index (κ3) is 4.47. The molecule has 3 aromatic heterocycles. The molecule has 0 saturated heterocycles. The zero-order valence-corrected chi connectivity index (χ0v) is 24.9. The maximum absolute atomic E-state index is 4.93. The van der Waals surface area contributed by atoms with Crippen molar-refractivity contribution in [2.45, 2.75) is 6.92 Å². The molecule has 8 rings (SSSR count). The second-order valence-electron chi connectivity index (χ2n) is 11.2. The maximum atomic E-state index is 4.93. The summed E-state index contributed by atoms with van der Waals surface area (Å²) in [5.74, 6) is 0. The first kappa shape index (κ1) is 26.6. The summed E-state index contributed by atoms with van der Waals surface area (Å²) in [6.45, 7) is 6.20. The van der Waals surface area contributed by atoms with Crippen molar-refractivity contribution in [3.8, 4) is 16.9 Å². The second kappa shape index (κ2) is 10.9. The summed E-state index contributed by atoms with van der Waals surface area (Å²) < 4.78 is 4.53. The smallest absolute Gasteiger partial charge is 0.0725 e. The lowest BCUT2D eigenvalue weighted by molar-refractivity contribution is 1.18. The number of fused-ring (bicyclic) bond motifs is 6. The van der Waals surface area contributed by atoms with Crippen LogP contribution in [0.5, 0.6) is 0 Å². The fourth-order valence-corrected chi connectivity index (χ4v) is 6.40. The van der Waals surface area contributed by atoms with Gasteiger partial charge in [0.1, 0.15) is 0 Å². The summed E-state index contributed by atoms with van der Waals surface area (Å²) in [7, 11) is 0. The number of pyridine rings is 1. The number of para-hydroxylation sites is 3. The van der Waals surface area contributed by atoms with Gasteiger partial charge < -0.3 is 9.13 Å². The van der Waals surface area contributed by atoms with Crippen LogP contribution in [-0.2, 0) is 0 Å². The predicted octanol–water partition coefficient (Wildman–Crippen LogP) is 10.4. The van der Waals surface area contributed by atoms with Gasteiger partial charge in [-0.25, -0.2) is 0 Å². The first-order valence-electron chi connectivity index (χ1n) is 15.1. The molecule has 214 valence electrons. The zero-order valence-electron chi connectivity index (χ0n) is 24.9. The molecular formula is C41H30N4. The van der Waals surface area contributed by atoms with Crippen LogP contribution in [0.2, 0.25) is 0 Å². The summed E-state index contributed by atoms with van der Waals surface area (Å²) in [6.07, 6.45) is 5.72. The van der Waals surface area contributed by atoms with Crippen LogP contribution >= 0.6 is 0 Å². The number of nitrogens with zero attached hydrogens (tertiary/aromatic N) is 4. The number of allylic oxidation sites excluding steroid dienone is 2. The lowest BCUT2D eigenvalue weighted by atomic mass is 10.1. The van der Waals surface area contributed by atoms with Gasteiger partial charge in [0.05, 0.1) is 45.9 Å². The molecule has 0 bridgehead atoms. The van der Waals surface area contributed by atoms with Gasteiger partial charge in [0, 0.05) is 38.5 Å². The number of rotatable bonds is 6. The topological polar surface area (TPSA) is 35.1 Å². The Kier molecular flexibility index (Phi) is 6.46. The van der Waals surface area contributed by atoms with Crippen LogP contribution in [-0.4, -0.2) is 19.8 Å². The summed E-state index contributed by atoms with van der Waals surface area (Å²) in [6, 6.07) is 46.7. The SMILES string of the molecule is C=C/C(=C\N=C(C)c1ccc(-n2c3ccccc3c3ccccc32)cc1)n1c2ccccc2c2cc(-c3ccccc3)ncc21. The number of benzene rings is 5. The Morgan fingerprint density at radius 3 is 1.87 bits per heavy atom. The third-order valence-electron chi connectivity index (χ3n) is 8.61. The predicted molar refractivity (Wildman–Crippen MR) is 190 cm³/mol. The highest BCUT2D eigenvalue weighted by atomic mass is 15.0.